The highest BCUT2D eigenvalue weighted by Crippen LogP contribution is 2.27. The molecule has 0 bridgehead atoms. The van der Waals surface area contributed by atoms with Crippen LogP contribution in [-0.2, 0) is 17.1 Å². The van der Waals surface area contributed by atoms with Crippen LogP contribution in [0, 0.1) is 5.92 Å². The number of rotatable bonds is 5. The number of nitrogens with one attached hydrogen (secondary N) is 2. The molecule has 150 valence electrons. The highest BCUT2D eigenvalue weighted by Gasteiger charge is 2.30. The molecule has 0 atom stereocenters. The Hall–Kier alpha value is -1.87. The van der Waals surface area contributed by atoms with E-state index in [2.05, 4.69) is 15.0 Å². The summed E-state index contributed by atoms with van der Waals surface area (Å²) >= 11 is 0. The van der Waals surface area contributed by atoms with Gasteiger partial charge in [-0.25, -0.2) is 22.9 Å². The Morgan fingerprint density at radius 3 is 2.56 bits per heavy atom. The number of oxazole rings is 1. The van der Waals surface area contributed by atoms with Crippen molar-refractivity contribution in [3.05, 3.63) is 22.8 Å². The minimum Gasteiger partial charge on any atom is -0.408 e. The van der Waals surface area contributed by atoms with Crippen molar-refractivity contribution < 1.29 is 12.8 Å². The number of hydrogen-bond acceptors (Lipinski definition) is 6. The van der Waals surface area contributed by atoms with Crippen LogP contribution < -0.4 is 15.8 Å². The fraction of sp³-hybridized carbons (Fsp3) is 0.667. The average molecular weight is 397 g/mol. The summed E-state index contributed by atoms with van der Waals surface area (Å²) in [5.41, 5.74) is 1.19. The number of fused-ring (bicyclic) bond motifs is 1. The minimum absolute atomic E-state index is 0.279. The molecule has 0 spiro atoms. The zero-order valence-corrected chi connectivity index (χ0v) is 17.1. The molecule has 2 aromatic rings. The lowest BCUT2D eigenvalue weighted by Crippen LogP contribution is -2.42. The molecule has 2 N–H and O–H groups in total. The van der Waals surface area contributed by atoms with Crippen LogP contribution in [0.4, 0.5) is 5.82 Å². The molecular formula is C18H28N4O4S. The van der Waals surface area contributed by atoms with Crippen LogP contribution in [0.1, 0.15) is 46.5 Å². The van der Waals surface area contributed by atoms with Crippen molar-refractivity contribution in [1.29, 1.82) is 0 Å². The van der Waals surface area contributed by atoms with E-state index in [1.807, 2.05) is 0 Å². The van der Waals surface area contributed by atoms with Crippen LogP contribution in [0.3, 0.4) is 0 Å². The summed E-state index contributed by atoms with van der Waals surface area (Å²) in [6, 6.07) is 2.03. The van der Waals surface area contributed by atoms with E-state index in [4.69, 9.17) is 4.42 Å². The lowest BCUT2D eigenvalue weighted by Gasteiger charge is -2.30. The molecule has 0 amide bonds. The zero-order chi connectivity index (χ0) is 19.8. The molecule has 1 fully saturated rings. The van der Waals surface area contributed by atoms with Gasteiger partial charge >= 0.3 is 5.76 Å². The van der Waals surface area contributed by atoms with Gasteiger partial charge < -0.3 is 9.73 Å². The van der Waals surface area contributed by atoms with Crippen molar-refractivity contribution in [3.63, 3.8) is 0 Å². The van der Waals surface area contributed by atoms with Crippen LogP contribution in [-0.4, -0.2) is 35.3 Å². The Morgan fingerprint density at radius 2 is 1.93 bits per heavy atom. The summed E-state index contributed by atoms with van der Waals surface area (Å²) in [7, 11) is -1.64. The summed E-state index contributed by atoms with van der Waals surface area (Å²) in [6.45, 7) is 5.60. The molecule has 3 rings (SSSR count). The topological polar surface area (TPSA) is 106 Å². The molecule has 0 aliphatic heterocycles. The first kappa shape index (κ1) is 19.9. The van der Waals surface area contributed by atoms with Gasteiger partial charge in [-0.15, -0.1) is 0 Å². The minimum atomic E-state index is -3.30. The van der Waals surface area contributed by atoms with Gasteiger partial charge in [0.15, 0.2) is 5.58 Å². The Balaban J connectivity index is 1.53. The standard InChI is InChI=1S/C18H28N4O4S/c1-18(2,3)27(24,25)20-10-12-5-7-13(8-6-12)21-16-9-15-14(11-19-16)22(4)17(23)26-15/h9,11-13,20H,5-8,10H2,1-4H3,(H,19,21)/t12-,13-. The van der Waals surface area contributed by atoms with Gasteiger partial charge in [-0.1, -0.05) is 0 Å². The first-order valence-electron chi connectivity index (χ1n) is 9.28. The SMILES string of the molecule is Cn1c(=O)oc2cc(N[C@H]3CC[C@H](CNS(=O)(=O)C(C)(C)C)CC3)ncc21. The van der Waals surface area contributed by atoms with E-state index >= 15 is 0 Å². The molecule has 0 radical (unpaired) electrons. The highest BCUT2D eigenvalue weighted by atomic mass is 32.2. The fourth-order valence-corrected chi connectivity index (χ4v) is 4.16. The third-order valence-corrected chi connectivity index (χ3v) is 7.40. The van der Waals surface area contributed by atoms with Gasteiger partial charge in [-0.3, -0.25) is 4.57 Å². The summed E-state index contributed by atoms with van der Waals surface area (Å²) < 4.78 is 32.9. The number of hydrogen-bond donors (Lipinski definition) is 2. The maximum Gasteiger partial charge on any atom is 0.419 e. The number of aryl methyl sites for hydroxylation is 1. The summed E-state index contributed by atoms with van der Waals surface area (Å²) in [6.07, 6.45) is 5.43. The number of nitrogens with zero attached hydrogens (tertiary/aromatic N) is 2. The number of sulfonamides is 1. The van der Waals surface area contributed by atoms with E-state index < -0.39 is 20.5 Å². The molecule has 8 nitrogen and oxygen atoms in total. The van der Waals surface area contributed by atoms with Crippen LogP contribution >= 0.6 is 0 Å². The predicted molar refractivity (Wildman–Crippen MR) is 105 cm³/mol. The van der Waals surface area contributed by atoms with Crippen molar-refractivity contribution in [2.24, 2.45) is 13.0 Å². The molecule has 0 saturated heterocycles. The number of pyridine rings is 1. The summed E-state index contributed by atoms with van der Waals surface area (Å²) in [5.74, 6) is 0.638. The quantitative estimate of drug-likeness (QED) is 0.803. The molecule has 1 saturated carbocycles. The fourth-order valence-electron chi connectivity index (χ4n) is 3.27. The van der Waals surface area contributed by atoms with Crippen LogP contribution in [0.5, 0.6) is 0 Å². The molecule has 0 unspecified atom stereocenters. The molecule has 1 aliphatic carbocycles. The van der Waals surface area contributed by atoms with E-state index in [0.29, 0.717) is 29.4 Å². The lowest BCUT2D eigenvalue weighted by molar-refractivity contribution is 0.336. The third-order valence-electron chi connectivity index (χ3n) is 5.25. The Kier molecular flexibility index (Phi) is 5.36. The van der Waals surface area contributed by atoms with Crippen molar-refractivity contribution in [1.82, 2.24) is 14.3 Å². The molecule has 2 aromatic heterocycles. The van der Waals surface area contributed by atoms with E-state index in [-0.39, 0.29) is 6.04 Å². The van der Waals surface area contributed by atoms with E-state index in [9.17, 15) is 13.2 Å². The lowest BCUT2D eigenvalue weighted by atomic mass is 9.86. The second-order valence-electron chi connectivity index (χ2n) is 8.29. The van der Waals surface area contributed by atoms with Crippen LogP contribution in [0.2, 0.25) is 0 Å². The molecule has 1 aliphatic rings. The van der Waals surface area contributed by atoms with Crippen molar-refractivity contribution in [2.75, 3.05) is 11.9 Å². The Bertz CT molecular complexity index is 963. The first-order valence-corrected chi connectivity index (χ1v) is 10.8. The molecular weight excluding hydrogens is 368 g/mol. The van der Waals surface area contributed by atoms with Gasteiger partial charge in [0.2, 0.25) is 10.0 Å². The Morgan fingerprint density at radius 1 is 1.26 bits per heavy atom. The average Bonchev–Trinajstić information content (AvgIpc) is 2.87. The van der Waals surface area contributed by atoms with E-state index in [1.165, 1.54) is 4.57 Å². The molecule has 27 heavy (non-hydrogen) atoms. The van der Waals surface area contributed by atoms with Gasteiger partial charge in [0.1, 0.15) is 11.3 Å². The largest absolute Gasteiger partial charge is 0.419 e. The number of anilines is 1. The second kappa shape index (κ2) is 7.27. The third kappa shape index (κ3) is 4.35. The van der Waals surface area contributed by atoms with Gasteiger partial charge in [0.25, 0.3) is 0 Å². The van der Waals surface area contributed by atoms with Crippen molar-refractivity contribution in [2.45, 2.75) is 57.2 Å². The number of aromatic nitrogens is 2. The van der Waals surface area contributed by atoms with Gasteiger partial charge in [-0.05, 0) is 52.4 Å². The maximum atomic E-state index is 12.2. The highest BCUT2D eigenvalue weighted by molar-refractivity contribution is 7.90. The van der Waals surface area contributed by atoms with E-state index in [1.54, 1.807) is 40.1 Å². The summed E-state index contributed by atoms with van der Waals surface area (Å²) in [4.78, 5) is 15.9. The van der Waals surface area contributed by atoms with Gasteiger partial charge in [-0.2, -0.15) is 0 Å². The molecule has 0 aromatic carbocycles. The first-order chi connectivity index (χ1) is 12.6. The van der Waals surface area contributed by atoms with Gasteiger partial charge in [0.05, 0.1) is 10.9 Å². The van der Waals surface area contributed by atoms with Crippen molar-refractivity contribution in [3.8, 4) is 0 Å². The maximum absolute atomic E-state index is 12.2. The smallest absolute Gasteiger partial charge is 0.408 e. The van der Waals surface area contributed by atoms with Crippen molar-refractivity contribution >= 4 is 26.9 Å². The van der Waals surface area contributed by atoms with Gasteiger partial charge in [0, 0.05) is 25.7 Å². The summed E-state index contributed by atoms with van der Waals surface area (Å²) in [5, 5.41) is 3.40. The zero-order valence-electron chi connectivity index (χ0n) is 16.3. The second-order valence-corrected chi connectivity index (χ2v) is 10.8. The predicted octanol–water partition coefficient (Wildman–Crippen LogP) is 2.22. The molecule has 2 heterocycles. The normalized spacial score (nSPS) is 21.5. The van der Waals surface area contributed by atoms with E-state index in [0.717, 1.165) is 25.7 Å². The molecule has 9 heteroatoms. The Labute approximate surface area is 159 Å². The monoisotopic (exact) mass is 396 g/mol. The van der Waals surface area contributed by atoms with Crippen LogP contribution in [0.15, 0.2) is 21.5 Å². The van der Waals surface area contributed by atoms with Crippen LogP contribution in [0.25, 0.3) is 11.1 Å².